The fourth-order valence-corrected chi connectivity index (χ4v) is 4.90. The number of nitrogens with zero attached hydrogens (tertiary/aromatic N) is 1. The summed E-state index contributed by atoms with van der Waals surface area (Å²) in [4.78, 5) is 36.9. The van der Waals surface area contributed by atoms with Gasteiger partial charge in [-0.15, -0.1) is 0 Å². The SMILES string of the molecule is COCCCn1c(C=O)cc2c1CC(c1ccccc1Cl)C1C(=O)NC(=O)C21. The van der Waals surface area contributed by atoms with Gasteiger partial charge in [-0.25, -0.2) is 0 Å². The normalized spacial score (nSPS) is 23.3. The molecule has 2 aromatic rings. The Morgan fingerprint density at radius 1 is 1.25 bits per heavy atom. The van der Waals surface area contributed by atoms with Crippen LogP contribution < -0.4 is 5.32 Å². The van der Waals surface area contributed by atoms with Crippen LogP contribution in [0.2, 0.25) is 5.02 Å². The topological polar surface area (TPSA) is 77.4 Å². The zero-order valence-electron chi connectivity index (χ0n) is 15.5. The predicted octanol–water partition coefficient (Wildman–Crippen LogP) is 2.69. The van der Waals surface area contributed by atoms with Crippen LogP contribution in [-0.4, -0.2) is 36.4 Å². The molecule has 2 amide bonds. The average Bonchev–Trinajstić information content (AvgIpc) is 3.19. The number of ether oxygens (including phenoxy) is 1. The summed E-state index contributed by atoms with van der Waals surface area (Å²) in [5, 5.41) is 3.06. The summed E-state index contributed by atoms with van der Waals surface area (Å²) in [6, 6.07) is 9.19. The molecule has 2 heterocycles. The Labute approximate surface area is 167 Å². The second-order valence-corrected chi connectivity index (χ2v) is 7.68. The van der Waals surface area contributed by atoms with E-state index in [0.29, 0.717) is 30.3 Å². The number of aromatic nitrogens is 1. The number of halogens is 1. The van der Waals surface area contributed by atoms with E-state index in [1.54, 1.807) is 19.2 Å². The first kappa shape index (κ1) is 18.9. The lowest BCUT2D eigenvalue weighted by Crippen LogP contribution is -2.31. The van der Waals surface area contributed by atoms with Gasteiger partial charge in [0.25, 0.3) is 0 Å². The summed E-state index contributed by atoms with van der Waals surface area (Å²) in [5.41, 5.74) is 3.07. The molecule has 2 aliphatic rings. The first-order valence-corrected chi connectivity index (χ1v) is 9.70. The second-order valence-electron chi connectivity index (χ2n) is 7.28. The molecule has 0 radical (unpaired) electrons. The van der Waals surface area contributed by atoms with E-state index >= 15 is 0 Å². The van der Waals surface area contributed by atoms with Gasteiger partial charge in [0.1, 0.15) is 0 Å². The number of hydrogen-bond acceptors (Lipinski definition) is 4. The molecule has 0 spiro atoms. The van der Waals surface area contributed by atoms with Crippen molar-refractivity contribution >= 4 is 29.7 Å². The van der Waals surface area contributed by atoms with Gasteiger partial charge in [-0.3, -0.25) is 19.7 Å². The van der Waals surface area contributed by atoms with Crippen molar-refractivity contribution in [2.45, 2.75) is 31.2 Å². The van der Waals surface area contributed by atoms with Gasteiger partial charge in [-0.05, 0) is 36.1 Å². The maximum absolute atomic E-state index is 12.6. The van der Waals surface area contributed by atoms with Gasteiger partial charge >= 0.3 is 0 Å². The Bertz CT molecular complexity index is 952. The Morgan fingerprint density at radius 3 is 2.75 bits per heavy atom. The first-order valence-electron chi connectivity index (χ1n) is 9.32. The van der Waals surface area contributed by atoms with Crippen molar-refractivity contribution in [3.05, 3.63) is 57.9 Å². The van der Waals surface area contributed by atoms with Crippen LogP contribution in [0.5, 0.6) is 0 Å². The smallest absolute Gasteiger partial charge is 0.235 e. The van der Waals surface area contributed by atoms with Gasteiger partial charge in [0.2, 0.25) is 11.8 Å². The minimum Gasteiger partial charge on any atom is -0.385 e. The molecule has 1 saturated heterocycles. The van der Waals surface area contributed by atoms with Crippen molar-refractivity contribution in [2.24, 2.45) is 5.92 Å². The molecule has 1 aromatic carbocycles. The van der Waals surface area contributed by atoms with E-state index < -0.39 is 11.8 Å². The maximum atomic E-state index is 12.6. The van der Waals surface area contributed by atoms with Crippen LogP contribution in [0.15, 0.2) is 30.3 Å². The first-order chi connectivity index (χ1) is 13.6. The highest BCUT2D eigenvalue weighted by molar-refractivity contribution is 6.31. The number of aldehydes is 1. The third-order valence-corrected chi connectivity index (χ3v) is 6.15. The average molecular weight is 401 g/mol. The number of imide groups is 1. The van der Waals surface area contributed by atoms with Gasteiger partial charge in [-0.1, -0.05) is 29.8 Å². The van der Waals surface area contributed by atoms with E-state index in [4.69, 9.17) is 16.3 Å². The fraction of sp³-hybridized carbons (Fsp3) is 0.381. The van der Waals surface area contributed by atoms with Gasteiger partial charge < -0.3 is 9.30 Å². The molecular weight excluding hydrogens is 380 g/mol. The zero-order chi connectivity index (χ0) is 19.8. The third kappa shape index (κ3) is 2.97. The predicted molar refractivity (Wildman–Crippen MR) is 104 cm³/mol. The molecule has 6 nitrogen and oxygen atoms in total. The van der Waals surface area contributed by atoms with E-state index in [1.807, 2.05) is 22.8 Å². The largest absolute Gasteiger partial charge is 0.385 e. The van der Waals surface area contributed by atoms with E-state index in [2.05, 4.69) is 5.32 Å². The third-order valence-electron chi connectivity index (χ3n) is 5.80. The van der Waals surface area contributed by atoms with Gasteiger partial charge in [0.15, 0.2) is 6.29 Å². The number of benzene rings is 1. The number of nitrogens with one attached hydrogen (secondary N) is 1. The van der Waals surface area contributed by atoms with Crippen molar-refractivity contribution in [3.8, 4) is 0 Å². The quantitative estimate of drug-likeness (QED) is 0.459. The van der Waals surface area contributed by atoms with Crippen LogP contribution in [0, 0.1) is 5.92 Å². The van der Waals surface area contributed by atoms with Crippen molar-refractivity contribution in [3.63, 3.8) is 0 Å². The molecule has 1 N–H and O–H groups in total. The van der Waals surface area contributed by atoms with Crippen LogP contribution >= 0.6 is 11.6 Å². The summed E-state index contributed by atoms with van der Waals surface area (Å²) >= 11 is 6.44. The molecule has 3 unspecified atom stereocenters. The molecule has 7 heteroatoms. The minimum absolute atomic E-state index is 0.228. The summed E-state index contributed by atoms with van der Waals surface area (Å²) in [6.07, 6.45) is 2.09. The molecule has 4 rings (SSSR count). The zero-order valence-corrected chi connectivity index (χ0v) is 16.2. The van der Waals surface area contributed by atoms with Crippen LogP contribution in [0.25, 0.3) is 0 Å². The Kier molecular flexibility index (Phi) is 5.08. The highest BCUT2D eigenvalue weighted by Gasteiger charge is 2.52. The molecule has 1 aliphatic heterocycles. The van der Waals surface area contributed by atoms with Gasteiger partial charge in [0, 0.05) is 36.9 Å². The van der Waals surface area contributed by atoms with Crippen LogP contribution in [-0.2, 0) is 27.3 Å². The minimum atomic E-state index is -0.597. The Morgan fingerprint density at radius 2 is 2.04 bits per heavy atom. The molecule has 0 saturated carbocycles. The molecule has 1 aliphatic carbocycles. The fourth-order valence-electron chi connectivity index (χ4n) is 4.62. The summed E-state index contributed by atoms with van der Waals surface area (Å²) in [6.45, 7) is 1.18. The van der Waals surface area contributed by atoms with Gasteiger partial charge in [-0.2, -0.15) is 0 Å². The van der Waals surface area contributed by atoms with Crippen LogP contribution in [0.1, 0.15) is 45.6 Å². The number of hydrogen-bond donors (Lipinski definition) is 1. The van der Waals surface area contributed by atoms with Crippen molar-refractivity contribution < 1.29 is 19.1 Å². The molecule has 1 aromatic heterocycles. The van der Waals surface area contributed by atoms with Crippen LogP contribution in [0.4, 0.5) is 0 Å². The van der Waals surface area contributed by atoms with Crippen LogP contribution in [0.3, 0.4) is 0 Å². The number of rotatable bonds is 6. The lowest BCUT2D eigenvalue weighted by atomic mass is 9.69. The van der Waals surface area contributed by atoms with Crippen molar-refractivity contribution in [2.75, 3.05) is 13.7 Å². The monoisotopic (exact) mass is 400 g/mol. The maximum Gasteiger partial charge on any atom is 0.235 e. The summed E-state index contributed by atoms with van der Waals surface area (Å²) in [5.74, 6) is -1.92. The lowest BCUT2D eigenvalue weighted by Gasteiger charge is -2.32. The highest BCUT2D eigenvalue weighted by Crippen LogP contribution is 2.49. The van der Waals surface area contributed by atoms with E-state index in [0.717, 1.165) is 29.5 Å². The number of carbonyl (C=O) groups excluding carboxylic acids is 3. The number of methoxy groups -OCH3 is 1. The van der Waals surface area contributed by atoms with E-state index in [-0.39, 0.29) is 17.7 Å². The molecule has 146 valence electrons. The number of fused-ring (bicyclic) bond motifs is 3. The molecular formula is C21H21ClN2O4. The second kappa shape index (κ2) is 7.53. The lowest BCUT2D eigenvalue weighted by molar-refractivity contribution is -0.126. The highest BCUT2D eigenvalue weighted by atomic mass is 35.5. The van der Waals surface area contributed by atoms with Crippen molar-refractivity contribution in [1.82, 2.24) is 9.88 Å². The molecule has 0 bridgehead atoms. The number of carbonyl (C=O) groups is 3. The number of amides is 2. The Balaban J connectivity index is 1.84. The summed E-state index contributed by atoms with van der Waals surface area (Å²) in [7, 11) is 1.64. The van der Waals surface area contributed by atoms with Crippen molar-refractivity contribution in [1.29, 1.82) is 0 Å². The van der Waals surface area contributed by atoms with E-state index in [9.17, 15) is 14.4 Å². The molecule has 28 heavy (non-hydrogen) atoms. The molecule has 1 fully saturated rings. The molecule has 3 atom stereocenters. The standard InChI is InChI=1S/C21H21ClN2O4/c1-28-8-4-7-24-12(11-25)9-15-17(24)10-14(13-5-2-3-6-16(13)22)18-19(15)21(27)23-20(18)26/h2-3,5-6,9,11,14,18-19H,4,7-8,10H2,1H3,(H,23,26,27). The Hall–Kier alpha value is -2.44. The summed E-state index contributed by atoms with van der Waals surface area (Å²) < 4.78 is 7.09. The van der Waals surface area contributed by atoms with E-state index in [1.165, 1.54) is 0 Å². The van der Waals surface area contributed by atoms with Gasteiger partial charge in [0.05, 0.1) is 17.5 Å².